The first kappa shape index (κ1) is 22.3. The van der Waals surface area contributed by atoms with Crippen molar-refractivity contribution in [3.8, 4) is 11.3 Å². The summed E-state index contributed by atoms with van der Waals surface area (Å²) in [6.07, 6.45) is 2.19. The maximum Gasteiger partial charge on any atom is 0.223 e. The number of aromatic nitrogens is 2. The number of rotatable bonds is 7. The minimum atomic E-state index is -0.567. The normalized spacial score (nSPS) is 16.1. The van der Waals surface area contributed by atoms with Crippen molar-refractivity contribution in [3.63, 3.8) is 0 Å². The lowest BCUT2D eigenvalue weighted by Crippen LogP contribution is -2.57. The van der Waals surface area contributed by atoms with Gasteiger partial charge in [-0.3, -0.25) is 4.90 Å². The van der Waals surface area contributed by atoms with Crippen LogP contribution in [0.2, 0.25) is 0 Å². The number of nitrogens with zero attached hydrogens (tertiary/aromatic N) is 3. The second kappa shape index (κ2) is 9.71. The standard InChI is InChI=1S/C25H29F2N5/c1-25(2)17-28-10-11-32(25)16-19-4-3-5-20(12-19)23-7-9-30-24(31-23)29-8-6-18-13-21(26)15-22(27)14-18/h3-5,7,9,12-15,28H,6,8,10-11,16-17H2,1-2H3,(H,29,30,31). The van der Waals surface area contributed by atoms with Gasteiger partial charge < -0.3 is 10.6 Å². The Bertz CT molecular complexity index is 1050. The number of piperazine rings is 1. The molecule has 2 aromatic carbocycles. The van der Waals surface area contributed by atoms with Crippen molar-refractivity contribution in [2.75, 3.05) is 31.5 Å². The van der Waals surface area contributed by atoms with Gasteiger partial charge in [-0.25, -0.2) is 18.7 Å². The Morgan fingerprint density at radius 2 is 1.88 bits per heavy atom. The van der Waals surface area contributed by atoms with Crippen molar-refractivity contribution >= 4 is 5.95 Å². The van der Waals surface area contributed by atoms with Crippen LogP contribution in [0.5, 0.6) is 0 Å². The van der Waals surface area contributed by atoms with Gasteiger partial charge in [-0.2, -0.15) is 0 Å². The van der Waals surface area contributed by atoms with E-state index in [1.54, 1.807) is 6.20 Å². The van der Waals surface area contributed by atoms with Gasteiger partial charge in [-0.15, -0.1) is 0 Å². The lowest BCUT2D eigenvalue weighted by atomic mass is 9.98. The van der Waals surface area contributed by atoms with Crippen LogP contribution in [0.25, 0.3) is 11.3 Å². The molecule has 0 atom stereocenters. The molecule has 0 saturated carbocycles. The van der Waals surface area contributed by atoms with Gasteiger partial charge in [0.25, 0.3) is 0 Å². The van der Waals surface area contributed by atoms with Gasteiger partial charge >= 0.3 is 0 Å². The molecule has 1 fully saturated rings. The molecule has 0 unspecified atom stereocenters. The summed E-state index contributed by atoms with van der Waals surface area (Å²) < 4.78 is 26.7. The van der Waals surface area contributed by atoms with Gasteiger partial charge in [0.15, 0.2) is 0 Å². The zero-order valence-corrected chi connectivity index (χ0v) is 18.5. The zero-order valence-electron chi connectivity index (χ0n) is 18.5. The fourth-order valence-electron chi connectivity index (χ4n) is 4.04. The molecule has 1 aliphatic heterocycles. The van der Waals surface area contributed by atoms with E-state index in [0.29, 0.717) is 24.5 Å². The van der Waals surface area contributed by atoms with Crippen LogP contribution in [-0.4, -0.2) is 46.6 Å². The molecule has 1 saturated heterocycles. The van der Waals surface area contributed by atoms with E-state index in [0.717, 1.165) is 43.5 Å². The largest absolute Gasteiger partial charge is 0.354 e. The van der Waals surface area contributed by atoms with Crippen LogP contribution in [0, 0.1) is 11.6 Å². The quantitative estimate of drug-likeness (QED) is 0.579. The Labute approximate surface area is 187 Å². The highest BCUT2D eigenvalue weighted by Gasteiger charge is 2.29. The topological polar surface area (TPSA) is 53.1 Å². The summed E-state index contributed by atoms with van der Waals surface area (Å²) in [6.45, 7) is 8.91. The van der Waals surface area contributed by atoms with Crippen LogP contribution >= 0.6 is 0 Å². The van der Waals surface area contributed by atoms with Crippen LogP contribution in [0.4, 0.5) is 14.7 Å². The van der Waals surface area contributed by atoms with E-state index >= 15 is 0 Å². The van der Waals surface area contributed by atoms with Gasteiger partial charge in [0.2, 0.25) is 5.95 Å². The van der Waals surface area contributed by atoms with Gasteiger partial charge in [-0.1, -0.05) is 18.2 Å². The third-order valence-electron chi connectivity index (χ3n) is 5.84. The van der Waals surface area contributed by atoms with Crippen molar-refractivity contribution in [2.24, 2.45) is 0 Å². The van der Waals surface area contributed by atoms with Crippen molar-refractivity contribution < 1.29 is 8.78 Å². The Kier molecular flexibility index (Phi) is 6.77. The molecule has 4 rings (SSSR count). The molecule has 5 nitrogen and oxygen atoms in total. The van der Waals surface area contributed by atoms with Gasteiger partial charge in [0, 0.05) is 56.1 Å². The highest BCUT2D eigenvalue weighted by atomic mass is 19.1. The van der Waals surface area contributed by atoms with Crippen LogP contribution in [0.1, 0.15) is 25.0 Å². The van der Waals surface area contributed by atoms with Crippen LogP contribution < -0.4 is 10.6 Å². The van der Waals surface area contributed by atoms with E-state index < -0.39 is 11.6 Å². The number of hydrogen-bond acceptors (Lipinski definition) is 5. The van der Waals surface area contributed by atoms with E-state index in [2.05, 4.69) is 57.5 Å². The van der Waals surface area contributed by atoms with Crippen LogP contribution in [0.15, 0.2) is 54.7 Å². The third-order valence-corrected chi connectivity index (χ3v) is 5.84. The minimum absolute atomic E-state index is 0.116. The van der Waals surface area contributed by atoms with Gasteiger partial charge in [-0.05, 0) is 55.7 Å². The summed E-state index contributed by atoms with van der Waals surface area (Å²) in [7, 11) is 0. The van der Waals surface area contributed by atoms with E-state index in [9.17, 15) is 8.78 Å². The molecule has 0 bridgehead atoms. The average molecular weight is 438 g/mol. The third kappa shape index (κ3) is 5.66. The van der Waals surface area contributed by atoms with E-state index in [4.69, 9.17) is 0 Å². The first-order valence-electron chi connectivity index (χ1n) is 11.0. The monoisotopic (exact) mass is 437 g/mol. The summed E-state index contributed by atoms with van der Waals surface area (Å²) in [6, 6.07) is 13.9. The first-order chi connectivity index (χ1) is 15.4. The molecule has 0 radical (unpaired) electrons. The van der Waals surface area contributed by atoms with E-state index in [1.807, 2.05) is 12.1 Å². The fraction of sp³-hybridized carbons (Fsp3) is 0.360. The summed E-state index contributed by atoms with van der Waals surface area (Å²) in [5, 5.41) is 6.62. The first-order valence-corrected chi connectivity index (χ1v) is 11.0. The number of anilines is 1. The van der Waals surface area contributed by atoms with Crippen molar-refractivity contribution in [1.82, 2.24) is 20.2 Å². The predicted octanol–water partition coefficient (Wildman–Crippen LogP) is 4.26. The summed E-state index contributed by atoms with van der Waals surface area (Å²) in [5.41, 5.74) is 3.83. The average Bonchev–Trinajstić information content (AvgIpc) is 2.75. The molecule has 1 aliphatic rings. The smallest absolute Gasteiger partial charge is 0.223 e. The van der Waals surface area contributed by atoms with Crippen molar-refractivity contribution in [1.29, 1.82) is 0 Å². The molecule has 168 valence electrons. The fourth-order valence-corrected chi connectivity index (χ4v) is 4.04. The molecule has 7 heteroatoms. The van der Waals surface area contributed by atoms with E-state index in [1.165, 1.54) is 17.7 Å². The number of benzene rings is 2. The second-order valence-electron chi connectivity index (χ2n) is 8.83. The lowest BCUT2D eigenvalue weighted by Gasteiger charge is -2.43. The van der Waals surface area contributed by atoms with Gasteiger partial charge in [0.1, 0.15) is 11.6 Å². The lowest BCUT2D eigenvalue weighted by molar-refractivity contribution is 0.0828. The predicted molar refractivity (Wildman–Crippen MR) is 123 cm³/mol. The van der Waals surface area contributed by atoms with Crippen molar-refractivity contribution in [2.45, 2.75) is 32.4 Å². The molecule has 0 amide bonds. The summed E-state index contributed by atoms with van der Waals surface area (Å²) >= 11 is 0. The molecule has 2 heterocycles. The zero-order chi connectivity index (χ0) is 22.6. The van der Waals surface area contributed by atoms with Crippen LogP contribution in [0.3, 0.4) is 0 Å². The minimum Gasteiger partial charge on any atom is -0.354 e. The van der Waals surface area contributed by atoms with Crippen molar-refractivity contribution in [3.05, 3.63) is 77.5 Å². The summed E-state index contributed by atoms with van der Waals surface area (Å²) in [5.74, 6) is -0.641. The molecular formula is C25H29F2N5. The molecule has 0 aliphatic carbocycles. The Morgan fingerprint density at radius 1 is 1.06 bits per heavy atom. The maximum atomic E-state index is 13.4. The molecule has 1 aromatic heterocycles. The number of nitrogens with one attached hydrogen (secondary N) is 2. The van der Waals surface area contributed by atoms with E-state index in [-0.39, 0.29) is 5.54 Å². The highest BCUT2D eigenvalue weighted by Crippen LogP contribution is 2.23. The Hall–Kier alpha value is -2.90. The number of halogens is 2. The summed E-state index contributed by atoms with van der Waals surface area (Å²) in [4.78, 5) is 11.4. The Morgan fingerprint density at radius 3 is 2.66 bits per heavy atom. The van der Waals surface area contributed by atoms with Crippen LogP contribution in [-0.2, 0) is 13.0 Å². The molecule has 0 spiro atoms. The number of hydrogen-bond donors (Lipinski definition) is 2. The molecule has 2 N–H and O–H groups in total. The SMILES string of the molecule is CC1(C)CNCCN1Cc1cccc(-c2ccnc(NCCc3cc(F)cc(F)c3)n2)c1. The Balaban J connectivity index is 1.42. The maximum absolute atomic E-state index is 13.4. The molecule has 32 heavy (non-hydrogen) atoms. The highest BCUT2D eigenvalue weighted by molar-refractivity contribution is 5.61. The molecular weight excluding hydrogens is 408 g/mol. The molecule has 3 aromatic rings. The van der Waals surface area contributed by atoms with Gasteiger partial charge in [0.05, 0.1) is 5.69 Å². The second-order valence-corrected chi connectivity index (χ2v) is 8.83.